The van der Waals surface area contributed by atoms with E-state index in [0.717, 1.165) is 13.0 Å². The van der Waals surface area contributed by atoms with Crippen LogP contribution in [0.4, 0.5) is 11.4 Å². The zero-order valence-electron chi connectivity index (χ0n) is 11.5. The van der Waals surface area contributed by atoms with Crippen LogP contribution in [-0.2, 0) is 4.79 Å². The van der Waals surface area contributed by atoms with Gasteiger partial charge in [-0.1, -0.05) is 18.5 Å². The van der Waals surface area contributed by atoms with Crippen molar-refractivity contribution in [3.63, 3.8) is 0 Å². The highest BCUT2D eigenvalue weighted by molar-refractivity contribution is 6.33. The summed E-state index contributed by atoms with van der Waals surface area (Å²) in [4.78, 5) is 14.0. The molecule has 1 aromatic rings. The number of carbonyl (C=O) groups excluding carboxylic acids is 1. The van der Waals surface area contributed by atoms with Crippen LogP contribution >= 0.6 is 11.6 Å². The van der Waals surface area contributed by atoms with E-state index in [1.54, 1.807) is 18.2 Å². The lowest BCUT2D eigenvalue weighted by molar-refractivity contribution is -0.117. The van der Waals surface area contributed by atoms with E-state index in [1.165, 1.54) is 0 Å². The number of hydrogen-bond donors (Lipinski definition) is 3. The summed E-state index contributed by atoms with van der Waals surface area (Å²) >= 11 is 5.83. The van der Waals surface area contributed by atoms with Crippen LogP contribution in [0.1, 0.15) is 13.3 Å². The first-order chi connectivity index (χ1) is 9.51. The molecule has 0 aromatic heterocycles. The van der Waals surface area contributed by atoms with Crippen molar-refractivity contribution in [3.8, 4) is 0 Å². The summed E-state index contributed by atoms with van der Waals surface area (Å²) < 4.78 is 0. The van der Waals surface area contributed by atoms with Crippen LogP contribution in [0.25, 0.3) is 0 Å². The molecular weight excluding hydrogens is 278 g/mol. The molecule has 2 atom stereocenters. The molecule has 0 bridgehead atoms. The van der Waals surface area contributed by atoms with Gasteiger partial charge in [-0.2, -0.15) is 0 Å². The van der Waals surface area contributed by atoms with Gasteiger partial charge in [0.15, 0.2) is 0 Å². The summed E-state index contributed by atoms with van der Waals surface area (Å²) in [6, 6.07) is 5.07. The lowest BCUT2D eigenvalue weighted by atomic mass is 10.0. The van der Waals surface area contributed by atoms with E-state index in [9.17, 15) is 9.90 Å². The van der Waals surface area contributed by atoms with Crippen molar-refractivity contribution >= 4 is 28.9 Å². The molecule has 6 heteroatoms. The van der Waals surface area contributed by atoms with Crippen molar-refractivity contribution in [1.82, 2.24) is 4.90 Å². The Morgan fingerprint density at radius 1 is 1.60 bits per heavy atom. The molecule has 1 fully saturated rings. The molecule has 2 unspecified atom stereocenters. The lowest BCUT2D eigenvalue weighted by Crippen LogP contribution is -2.40. The first-order valence-corrected chi connectivity index (χ1v) is 7.09. The summed E-state index contributed by atoms with van der Waals surface area (Å²) in [6.45, 7) is 3.29. The van der Waals surface area contributed by atoms with Crippen LogP contribution < -0.4 is 11.1 Å². The number of rotatable bonds is 4. The number of aliphatic hydroxyl groups is 1. The summed E-state index contributed by atoms with van der Waals surface area (Å²) in [5, 5.41) is 12.6. The minimum absolute atomic E-state index is 0.0658. The highest BCUT2D eigenvalue weighted by Crippen LogP contribution is 2.24. The third kappa shape index (κ3) is 3.42. The van der Waals surface area contributed by atoms with E-state index in [4.69, 9.17) is 17.3 Å². The van der Waals surface area contributed by atoms with Gasteiger partial charge in [-0.15, -0.1) is 0 Å². The molecule has 110 valence electrons. The zero-order chi connectivity index (χ0) is 14.7. The van der Waals surface area contributed by atoms with Gasteiger partial charge in [0.25, 0.3) is 0 Å². The van der Waals surface area contributed by atoms with E-state index in [-0.39, 0.29) is 25.1 Å². The van der Waals surface area contributed by atoms with Crippen LogP contribution in [-0.4, -0.2) is 41.7 Å². The van der Waals surface area contributed by atoms with Gasteiger partial charge < -0.3 is 16.2 Å². The minimum Gasteiger partial charge on any atom is -0.397 e. The Kier molecular flexibility index (Phi) is 4.86. The van der Waals surface area contributed by atoms with E-state index >= 15 is 0 Å². The van der Waals surface area contributed by atoms with Crippen LogP contribution in [0.2, 0.25) is 5.02 Å². The lowest BCUT2D eigenvalue weighted by Gasteiger charge is -2.24. The predicted molar refractivity (Wildman–Crippen MR) is 80.7 cm³/mol. The molecule has 1 aliphatic rings. The van der Waals surface area contributed by atoms with Crippen molar-refractivity contribution in [3.05, 3.63) is 23.2 Å². The summed E-state index contributed by atoms with van der Waals surface area (Å²) in [5.41, 5.74) is 6.76. The average molecular weight is 298 g/mol. The third-order valence-electron chi connectivity index (χ3n) is 3.81. The number of nitrogen functional groups attached to an aromatic ring is 1. The van der Waals surface area contributed by atoms with E-state index in [1.807, 2.05) is 4.90 Å². The Balaban J connectivity index is 1.94. The Morgan fingerprint density at radius 2 is 2.35 bits per heavy atom. The molecule has 2 rings (SSSR count). The molecule has 0 radical (unpaired) electrons. The molecule has 1 aromatic carbocycles. The number of likely N-dealkylation sites (tertiary alicyclic amines) is 1. The number of nitrogens with zero attached hydrogens (tertiary/aromatic N) is 1. The second-order valence-electron chi connectivity index (χ2n) is 5.27. The van der Waals surface area contributed by atoms with Crippen LogP contribution in [0.5, 0.6) is 0 Å². The van der Waals surface area contributed by atoms with Gasteiger partial charge in [-0.3, -0.25) is 9.69 Å². The van der Waals surface area contributed by atoms with Crippen molar-refractivity contribution in [2.45, 2.75) is 19.4 Å². The molecule has 5 nitrogen and oxygen atoms in total. The maximum atomic E-state index is 12.0. The van der Waals surface area contributed by atoms with Crippen molar-refractivity contribution < 1.29 is 9.90 Å². The largest absolute Gasteiger partial charge is 0.397 e. The van der Waals surface area contributed by atoms with Gasteiger partial charge in [0.2, 0.25) is 5.91 Å². The topological polar surface area (TPSA) is 78.6 Å². The molecule has 0 aliphatic carbocycles. The number of benzene rings is 1. The van der Waals surface area contributed by atoms with Gasteiger partial charge in [-0.05, 0) is 37.1 Å². The van der Waals surface area contributed by atoms with E-state index in [0.29, 0.717) is 22.3 Å². The van der Waals surface area contributed by atoms with Crippen LogP contribution in [0, 0.1) is 5.92 Å². The normalized spacial score (nSPS) is 22.9. The smallest absolute Gasteiger partial charge is 0.238 e. The maximum Gasteiger partial charge on any atom is 0.238 e. The molecule has 1 amide bonds. The fraction of sp³-hybridized carbons (Fsp3) is 0.500. The van der Waals surface area contributed by atoms with Gasteiger partial charge >= 0.3 is 0 Å². The Hall–Kier alpha value is -1.30. The number of amides is 1. The molecule has 1 heterocycles. The number of anilines is 2. The molecular formula is C14H20ClN3O2. The van der Waals surface area contributed by atoms with Gasteiger partial charge in [0.1, 0.15) is 0 Å². The molecule has 1 saturated heterocycles. The molecule has 0 saturated carbocycles. The fourth-order valence-electron chi connectivity index (χ4n) is 2.59. The maximum absolute atomic E-state index is 12.0. The molecule has 20 heavy (non-hydrogen) atoms. The van der Waals surface area contributed by atoms with E-state index < -0.39 is 0 Å². The number of hydrogen-bond acceptors (Lipinski definition) is 4. The van der Waals surface area contributed by atoms with Crippen molar-refractivity contribution in [1.29, 1.82) is 0 Å². The van der Waals surface area contributed by atoms with Crippen LogP contribution in [0.15, 0.2) is 18.2 Å². The summed E-state index contributed by atoms with van der Waals surface area (Å²) in [5.74, 6) is 0.304. The zero-order valence-corrected chi connectivity index (χ0v) is 12.2. The van der Waals surface area contributed by atoms with Crippen molar-refractivity contribution in [2.75, 3.05) is 30.7 Å². The summed E-state index contributed by atoms with van der Waals surface area (Å²) in [7, 11) is 0. The van der Waals surface area contributed by atoms with Crippen LogP contribution in [0.3, 0.4) is 0 Å². The van der Waals surface area contributed by atoms with Gasteiger partial charge in [0.05, 0.1) is 23.9 Å². The minimum atomic E-state index is -0.112. The number of aliphatic hydroxyl groups excluding tert-OH is 1. The molecule has 1 aliphatic heterocycles. The van der Waals surface area contributed by atoms with E-state index in [2.05, 4.69) is 12.2 Å². The first-order valence-electron chi connectivity index (χ1n) is 6.71. The highest BCUT2D eigenvalue weighted by atomic mass is 35.5. The standard InChI is InChI=1S/C14H20ClN3O2/c1-9-4-5-18(13(9)8-19)7-14(20)17-10-2-3-11(15)12(16)6-10/h2-3,6,9,13,19H,4-5,7-8,16H2,1H3,(H,17,20). The summed E-state index contributed by atoms with van der Waals surface area (Å²) in [6.07, 6.45) is 1.01. The number of nitrogens with one attached hydrogen (secondary N) is 1. The molecule has 4 N–H and O–H groups in total. The SMILES string of the molecule is CC1CCN(CC(=O)Nc2ccc(Cl)c(N)c2)C1CO. The first kappa shape index (κ1) is 15.1. The van der Waals surface area contributed by atoms with Gasteiger partial charge in [-0.25, -0.2) is 0 Å². The Morgan fingerprint density at radius 3 is 3.00 bits per heavy atom. The number of carbonyl (C=O) groups is 1. The Labute approximate surface area is 123 Å². The number of nitrogens with two attached hydrogens (primary N) is 1. The second kappa shape index (κ2) is 6.43. The Bertz CT molecular complexity index is 495. The molecule has 0 spiro atoms. The van der Waals surface area contributed by atoms with Crippen molar-refractivity contribution in [2.24, 2.45) is 5.92 Å². The number of halogens is 1. The average Bonchev–Trinajstić information content (AvgIpc) is 2.74. The third-order valence-corrected chi connectivity index (χ3v) is 4.16. The predicted octanol–water partition coefficient (Wildman–Crippen LogP) is 1.56. The second-order valence-corrected chi connectivity index (χ2v) is 5.68. The fourth-order valence-corrected chi connectivity index (χ4v) is 2.70. The quantitative estimate of drug-likeness (QED) is 0.737. The van der Waals surface area contributed by atoms with Gasteiger partial charge in [0, 0.05) is 11.7 Å². The highest BCUT2D eigenvalue weighted by Gasteiger charge is 2.31. The monoisotopic (exact) mass is 297 g/mol.